The molecule has 0 aromatic heterocycles. The third-order valence-corrected chi connectivity index (χ3v) is 4.55. The number of hydrogen-bond acceptors (Lipinski definition) is 2. The largest absolute Gasteiger partial charge is 0.438 e. The number of fused-ring (bicyclic) bond motifs is 1. The quantitative estimate of drug-likeness (QED) is 0.423. The van der Waals surface area contributed by atoms with E-state index >= 15 is 0 Å². The van der Waals surface area contributed by atoms with Gasteiger partial charge in [-0.1, -0.05) is 60.7 Å². The van der Waals surface area contributed by atoms with Crippen molar-refractivity contribution in [2.24, 2.45) is 0 Å². The summed E-state index contributed by atoms with van der Waals surface area (Å²) in [6.07, 6.45) is 2.51. The molecule has 0 spiro atoms. The smallest absolute Gasteiger partial charge is 0.294 e. The lowest BCUT2D eigenvalue weighted by Crippen LogP contribution is -1.98. The van der Waals surface area contributed by atoms with Gasteiger partial charge in [0.05, 0.1) is 6.16 Å². The molecule has 0 saturated carbocycles. The molecule has 0 heterocycles. The average molecular weight is 308 g/mol. The summed E-state index contributed by atoms with van der Waals surface area (Å²) < 4.78 is 12.1. The Kier molecular flexibility index (Phi) is 4.72. The highest BCUT2D eigenvalue weighted by molar-refractivity contribution is 7.48. The normalized spacial score (nSPS) is 11.8. The van der Waals surface area contributed by atoms with Gasteiger partial charge in [-0.25, -0.2) is 0 Å². The van der Waals surface area contributed by atoms with E-state index in [1.54, 1.807) is 0 Å². The van der Waals surface area contributed by atoms with Crippen LogP contribution in [0.3, 0.4) is 0 Å². The minimum atomic E-state index is -1.10. The van der Waals surface area contributed by atoms with Crippen molar-refractivity contribution in [1.82, 2.24) is 0 Å². The molecule has 0 saturated heterocycles. The van der Waals surface area contributed by atoms with Crippen LogP contribution in [-0.4, -0.2) is 6.16 Å². The molecule has 2 nitrogen and oxygen atoms in total. The highest BCUT2D eigenvalue weighted by Crippen LogP contribution is 2.42. The lowest BCUT2D eigenvalue weighted by Gasteiger charge is -2.18. The topological polar surface area (TPSA) is 18.5 Å². The van der Waals surface area contributed by atoms with Gasteiger partial charge < -0.3 is 9.05 Å². The fraction of sp³-hybridized carbons (Fsp3) is 0.0526. The zero-order valence-corrected chi connectivity index (χ0v) is 13.1. The van der Waals surface area contributed by atoms with Crippen molar-refractivity contribution < 1.29 is 9.05 Å². The Morgan fingerprint density at radius 3 is 2.36 bits per heavy atom. The Hall–Kier alpha value is -2.31. The number of benzene rings is 3. The van der Waals surface area contributed by atoms with Crippen LogP contribution in [0.1, 0.15) is 0 Å². The second kappa shape index (κ2) is 7.11. The van der Waals surface area contributed by atoms with E-state index in [1.165, 1.54) is 0 Å². The van der Waals surface area contributed by atoms with Crippen molar-refractivity contribution in [1.29, 1.82) is 0 Å². The van der Waals surface area contributed by atoms with Crippen molar-refractivity contribution in [3.8, 4) is 11.5 Å². The van der Waals surface area contributed by atoms with E-state index in [2.05, 4.69) is 24.8 Å². The summed E-state index contributed by atoms with van der Waals surface area (Å²) in [4.78, 5) is 0. The Labute approximate surface area is 131 Å². The molecule has 0 aliphatic rings. The molecule has 3 aromatic carbocycles. The number of para-hydroxylation sites is 1. The Balaban J connectivity index is 1.85. The van der Waals surface area contributed by atoms with Gasteiger partial charge in [0.15, 0.2) is 0 Å². The summed E-state index contributed by atoms with van der Waals surface area (Å²) >= 11 is 0. The average Bonchev–Trinajstić information content (AvgIpc) is 2.56. The summed E-state index contributed by atoms with van der Waals surface area (Å²) in [6, 6.07) is 24.0. The molecule has 0 N–H and O–H groups in total. The van der Waals surface area contributed by atoms with Crippen LogP contribution in [0.2, 0.25) is 0 Å². The van der Waals surface area contributed by atoms with Crippen molar-refractivity contribution >= 4 is 19.1 Å². The van der Waals surface area contributed by atoms with E-state index in [9.17, 15) is 0 Å². The van der Waals surface area contributed by atoms with Crippen LogP contribution < -0.4 is 9.05 Å². The van der Waals surface area contributed by atoms with Gasteiger partial charge in [0, 0.05) is 5.39 Å². The number of allylic oxidation sites excluding steroid dienone is 1. The number of rotatable bonds is 6. The Morgan fingerprint density at radius 1 is 0.818 bits per heavy atom. The van der Waals surface area contributed by atoms with Crippen LogP contribution in [0, 0.1) is 0 Å². The second-order valence-corrected chi connectivity index (χ2v) is 6.17. The maximum Gasteiger partial charge on any atom is 0.294 e. The van der Waals surface area contributed by atoms with Crippen LogP contribution in [0.15, 0.2) is 85.5 Å². The molecule has 0 aliphatic carbocycles. The molecule has 1 atom stereocenters. The highest BCUT2D eigenvalue weighted by atomic mass is 31.2. The first-order chi connectivity index (χ1) is 10.9. The van der Waals surface area contributed by atoms with Gasteiger partial charge >= 0.3 is 0 Å². The lowest BCUT2D eigenvalue weighted by atomic mass is 10.1. The van der Waals surface area contributed by atoms with Gasteiger partial charge in [0.25, 0.3) is 8.38 Å². The molecule has 110 valence electrons. The number of hydrogen-bond donors (Lipinski definition) is 0. The monoisotopic (exact) mass is 308 g/mol. The van der Waals surface area contributed by atoms with Crippen LogP contribution in [0.5, 0.6) is 11.5 Å². The Morgan fingerprint density at radius 2 is 1.55 bits per heavy atom. The first-order valence-corrected chi connectivity index (χ1v) is 8.50. The van der Waals surface area contributed by atoms with E-state index in [-0.39, 0.29) is 0 Å². The van der Waals surface area contributed by atoms with Crippen LogP contribution in [-0.2, 0) is 0 Å². The molecule has 22 heavy (non-hydrogen) atoms. The maximum absolute atomic E-state index is 6.14. The lowest BCUT2D eigenvalue weighted by molar-refractivity contribution is 0.496. The molecule has 3 aromatic rings. The molecule has 0 aliphatic heterocycles. The second-order valence-electron chi connectivity index (χ2n) is 4.78. The van der Waals surface area contributed by atoms with Gasteiger partial charge in [-0.05, 0) is 23.6 Å². The summed E-state index contributed by atoms with van der Waals surface area (Å²) in [6.45, 7) is 3.80. The van der Waals surface area contributed by atoms with Crippen LogP contribution in [0.4, 0.5) is 0 Å². The van der Waals surface area contributed by atoms with E-state index in [0.717, 1.165) is 22.3 Å². The van der Waals surface area contributed by atoms with Gasteiger partial charge in [-0.15, -0.1) is 6.58 Å². The molecule has 0 amide bonds. The van der Waals surface area contributed by atoms with Gasteiger partial charge in [-0.3, -0.25) is 0 Å². The molecule has 1 unspecified atom stereocenters. The summed E-state index contributed by atoms with van der Waals surface area (Å²) in [5.74, 6) is 1.66. The third kappa shape index (κ3) is 3.47. The SMILES string of the molecule is C=CCP(Oc1ccccc1)Oc1cccc2ccccc12. The summed E-state index contributed by atoms with van der Waals surface area (Å²) in [5, 5.41) is 2.26. The minimum Gasteiger partial charge on any atom is -0.438 e. The van der Waals surface area contributed by atoms with Gasteiger partial charge in [0.1, 0.15) is 11.5 Å². The van der Waals surface area contributed by atoms with Gasteiger partial charge in [-0.2, -0.15) is 0 Å². The molecule has 0 radical (unpaired) electrons. The zero-order chi connectivity index (χ0) is 15.2. The summed E-state index contributed by atoms with van der Waals surface area (Å²) in [7, 11) is -1.10. The zero-order valence-electron chi connectivity index (χ0n) is 12.2. The molecular formula is C19H17O2P. The third-order valence-electron chi connectivity index (χ3n) is 3.18. The van der Waals surface area contributed by atoms with Crippen molar-refractivity contribution in [2.45, 2.75) is 0 Å². The van der Waals surface area contributed by atoms with Crippen LogP contribution >= 0.6 is 8.38 Å². The maximum atomic E-state index is 6.14. The molecule has 0 bridgehead atoms. The fourth-order valence-corrected chi connectivity index (χ4v) is 3.32. The first kappa shape index (κ1) is 14.6. The van der Waals surface area contributed by atoms with E-state index in [4.69, 9.17) is 9.05 Å². The van der Waals surface area contributed by atoms with E-state index in [1.807, 2.05) is 60.7 Å². The summed E-state index contributed by atoms with van der Waals surface area (Å²) in [5.41, 5.74) is 0. The van der Waals surface area contributed by atoms with Crippen molar-refractivity contribution in [3.63, 3.8) is 0 Å². The first-order valence-electron chi connectivity index (χ1n) is 7.14. The van der Waals surface area contributed by atoms with Crippen LogP contribution in [0.25, 0.3) is 10.8 Å². The molecule has 3 rings (SSSR count). The van der Waals surface area contributed by atoms with E-state index < -0.39 is 8.38 Å². The van der Waals surface area contributed by atoms with E-state index in [0.29, 0.717) is 6.16 Å². The molecule has 0 fully saturated rings. The molecular weight excluding hydrogens is 291 g/mol. The van der Waals surface area contributed by atoms with Gasteiger partial charge in [0.2, 0.25) is 0 Å². The van der Waals surface area contributed by atoms with Crippen molar-refractivity contribution in [2.75, 3.05) is 6.16 Å². The minimum absolute atomic E-state index is 0.674. The predicted molar refractivity (Wildman–Crippen MR) is 93.6 cm³/mol. The Bertz CT molecular complexity index is 750. The predicted octanol–water partition coefficient (Wildman–Crippen LogP) is 5.80. The highest BCUT2D eigenvalue weighted by Gasteiger charge is 2.14. The van der Waals surface area contributed by atoms with Crippen molar-refractivity contribution in [3.05, 3.63) is 85.5 Å². The fourth-order valence-electron chi connectivity index (χ4n) is 2.18. The standard InChI is InChI=1S/C19H17O2P/c1-2-15-22(20-17-11-4-3-5-12-17)21-19-14-8-10-16-9-6-7-13-18(16)19/h2-14H,1,15H2. The molecule has 3 heteroatoms.